The van der Waals surface area contributed by atoms with E-state index >= 15 is 0 Å². The number of methoxy groups -OCH3 is 3. The lowest BCUT2D eigenvalue weighted by Crippen LogP contribution is -2.48. The predicted octanol–water partition coefficient (Wildman–Crippen LogP) is 1.35. The minimum Gasteiger partial charge on any atom is -0.493 e. The van der Waals surface area contributed by atoms with E-state index in [-0.39, 0.29) is 6.04 Å². The van der Waals surface area contributed by atoms with Gasteiger partial charge in [0.05, 0.1) is 21.3 Å². The Morgan fingerprint density at radius 3 is 1.96 bits per heavy atom. The van der Waals surface area contributed by atoms with Crippen LogP contribution >= 0.6 is 0 Å². The van der Waals surface area contributed by atoms with Crippen LogP contribution in [0.25, 0.3) is 0 Å². The first-order valence-corrected chi connectivity index (χ1v) is 8.14. The van der Waals surface area contributed by atoms with Gasteiger partial charge in [-0.3, -0.25) is 4.90 Å². The molecule has 0 amide bonds. The second-order valence-electron chi connectivity index (χ2n) is 5.68. The highest BCUT2D eigenvalue weighted by molar-refractivity contribution is 5.54. The highest BCUT2D eigenvalue weighted by atomic mass is 16.5. The molecule has 6 nitrogen and oxygen atoms in total. The van der Waals surface area contributed by atoms with Crippen molar-refractivity contribution < 1.29 is 14.2 Å². The molecular weight excluding hydrogens is 294 g/mol. The van der Waals surface area contributed by atoms with Gasteiger partial charge in [0.25, 0.3) is 0 Å². The van der Waals surface area contributed by atoms with E-state index in [1.807, 2.05) is 12.1 Å². The fourth-order valence-corrected chi connectivity index (χ4v) is 3.18. The van der Waals surface area contributed by atoms with Gasteiger partial charge in [0.1, 0.15) is 0 Å². The maximum atomic E-state index is 6.09. The summed E-state index contributed by atoms with van der Waals surface area (Å²) in [5, 5.41) is 0. The van der Waals surface area contributed by atoms with Gasteiger partial charge in [-0.1, -0.05) is 6.92 Å². The average Bonchev–Trinajstić information content (AvgIpc) is 2.61. The molecule has 1 aromatic rings. The van der Waals surface area contributed by atoms with Crippen LogP contribution in [0.15, 0.2) is 12.1 Å². The molecule has 23 heavy (non-hydrogen) atoms. The summed E-state index contributed by atoms with van der Waals surface area (Å²) in [5.74, 6) is 1.96. The highest BCUT2D eigenvalue weighted by Gasteiger charge is 2.25. The maximum Gasteiger partial charge on any atom is 0.203 e. The summed E-state index contributed by atoms with van der Waals surface area (Å²) < 4.78 is 16.3. The number of nitrogens with zero attached hydrogens (tertiary/aromatic N) is 2. The average molecular weight is 323 g/mol. The van der Waals surface area contributed by atoms with E-state index in [0.29, 0.717) is 23.8 Å². The molecule has 0 spiro atoms. The largest absolute Gasteiger partial charge is 0.493 e. The van der Waals surface area contributed by atoms with Crippen molar-refractivity contribution in [3.8, 4) is 17.2 Å². The molecule has 1 fully saturated rings. The quantitative estimate of drug-likeness (QED) is 0.817. The van der Waals surface area contributed by atoms with Crippen molar-refractivity contribution in [2.75, 3.05) is 60.6 Å². The first kappa shape index (κ1) is 17.8. The Hall–Kier alpha value is -1.50. The first-order chi connectivity index (χ1) is 11.2. The van der Waals surface area contributed by atoms with Gasteiger partial charge in [-0.05, 0) is 24.2 Å². The van der Waals surface area contributed by atoms with Crippen LogP contribution in [0.5, 0.6) is 17.2 Å². The molecule has 1 unspecified atom stereocenters. The molecule has 1 aliphatic rings. The lowest BCUT2D eigenvalue weighted by atomic mass is 10.0. The van der Waals surface area contributed by atoms with Crippen molar-refractivity contribution in [3.05, 3.63) is 17.7 Å². The van der Waals surface area contributed by atoms with E-state index in [1.54, 1.807) is 21.3 Å². The van der Waals surface area contributed by atoms with Crippen LogP contribution in [-0.4, -0.2) is 70.4 Å². The normalized spacial score (nSPS) is 17.8. The summed E-state index contributed by atoms with van der Waals surface area (Å²) in [7, 11) is 4.89. The summed E-state index contributed by atoms with van der Waals surface area (Å²) >= 11 is 0. The second kappa shape index (κ2) is 8.38. The van der Waals surface area contributed by atoms with Crippen LogP contribution in [0.1, 0.15) is 18.5 Å². The van der Waals surface area contributed by atoms with Gasteiger partial charge in [0.15, 0.2) is 11.5 Å². The minimum absolute atomic E-state index is 0.155. The van der Waals surface area contributed by atoms with Crippen molar-refractivity contribution in [1.29, 1.82) is 0 Å². The SMILES string of the molecule is CCN1CCN(C(CN)c2cc(OC)c(OC)c(OC)c2)CC1. The van der Waals surface area contributed by atoms with Gasteiger partial charge in [0, 0.05) is 38.8 Å². The number of likely N-dealkylation sites (N-methyl/N-ethyl adjacent to an activating group) is 1. The lowest BCUT2D eigenvalue weighted by molar-refractivity contribution is 0.102. The molecule has 1 aliphatic heterocycles. The van der Waals surface area contributed by atoms with Crippen LogP contribution in [0, 0.1) is 0 Å². The molecule has 1 heterocycles. The minimum atomic E-state index is 0.155. The summed E-state index contributed by atoms with van der Waals surface area (Å²) in [6.45, 7) is 8.07. The van der Waals surface area contributed by atoms with Gasteiger partial charge in [-0.25, -0.2) is 0 Å². The number of ether oxygens (including phenoxy) is 3. The van der Waals surface area contributed by atoms with Crippen LogP contribution in [0.2, 0.25) is 0 Å². The first-order valence-electron chi connectivity index (χ1n) is 8.14. The van der Waals surface area contributed by atoms with Crippen LogP contribution < -0.4 is 19.9 Å². The Balaban J connectivity index is 2.27. The molecular formula is C17H29N3O3. The van der Waals surface area contributed by atoms with Crippen molar-refractivity contribution in [2.24, 2.45) is 5.73 Å². The smallest absolute Gasteiger partial charge is 0.203 e. The van der Waals surface area contributed by atoms with Gasteiger partial charge in [-0.2, -0.15) is 0 Å². The summed E-state index contributed by atoms with van der Waals surface area (Å²) in [6, 6.07) is 4.17. The highest BCUT2D eigenvalue weighted by Crippen LogP contribution is 2.40. The van der Waals surface area contributed by atoms with Crippen LogP contribution in [0.4, 0.5) is 0 Å². The van der Waals surface area contributed by atoms with E-state index in [2.05, 4.69) is 16.7 Å². The number of rotatable bonds is 7. The van der Waals surface area contributed by atoms with E-state index in [1.165, 1.54) is 0 Å². The zero-order chi connectivity index (χ0) is 16.8. The fraction of sp³-hybridized carbons (Fsp3) is 0.647. The van der Waals surface area contributed by atoms with Crippen molar-refractivity contribution in [3.63, 3.8) is 0 Å². The third-order valence-electron chi connectivity index (χ3n) is 4.59. The number of nitrogens with two attached hydrogens (primary N) is 1. The Morgan fingerprint density at radius 1 is 1.00 bits per heavy atom. The van der Waals surface area contributed by atoms with Crippen LogP contribution in [-0.2, 0) is 0 Å². The predicted molar refractivity (Wildman–Crippen MR) is 91.6 cm³/mol. The molecule has 130 valence electrons. The van der Waals surface area contributed by atoms with Gasteiger partial charge < -0.3 is 24.8 Å². The molecule has 1 aromatic carbocycles. The molecule has 0 aliphatic carbocycles. The Bertz CT molecular complexity index is 477. The fourth-order valence-electron chi connectivity index (χ4n) is 3.18. The number of hydrogen-bond donors (Lipinski definition) is 1. The number of piperazine rings is 1. The number of benzene rings is 1. The molecule has 0 aromatic heterocycles. The Morgan fingerprint density at radius 2 is 1.57 bits per heavy atom. The Kier molecular flexibility index (Phi) is 6.50. The molecule has 2 rings (SSSR count). The third kappa shape index (κ3) is 3.88. The molecule has 0 saturated carbocycles. The van der Waals surface area contributed by atoms with E-state index in [9.17, 15) is 0 Å². The topological polar surface area (TPSA) is 60.2 Å². The van der Waals surface area contributed by atoms with Gasteiger partial charge in [-0.15, -0.1) is 0 Å². The zero-order valence-electron chi connectivity index (χ0n) is 14.7. The number of hydrogen-bond acceptors (Lipinski definition) is 6. The van der Waals surface area contributed by atoms with Gasteiger partial charge >= 0.3 is 0 Å². The van der Waals surface area contributed by atoms with Crippen LogP contribution in [0.3, 0.4) is 0 Å². The standard InChI is InChI=1S/C17H29N3O3/c1-5-19-6-8-20(9-7-19)14(12-18)13-10-15(21-2)17(23-4)16(11-13)22-3/h10-11,14H,5-9,12,18H2,1-4H3. The monoisotopic (exact) mass is 323 g/mol. The molecule has 0 radical (unpaired) electrons. The second-order valence-corrected chi connectivity index (χ2v) is 5.68. The molecule has 0 bridgehead atoms. The summed E-state index contributed by atoms with van der Waals surface area (Å²) in [6.07, 6.45) is 0. The van der Waals surface area contributed by atoms with E-state index in [0.717, 1.165) is 38.3 Å². The van der Waals surface area contributed by atoms with Crippen molar-refractivity contribution >= 4 is 0 Å². The molecule has 2 N–H and O–H groups in total. The van der Waals surface area contributed by atoms with E-state index in [4.69, 9.17) is 19.9 Å². The van der Waals surface area contributed by atoms with Gasteiger partial charge in [0.2, 0.25) is 5.75 Å². The Labute approximate surface area is 139 Å². The summed E-state index contributed by atoms with van der Waals surface area (Å²) in [5.41, 5.74) is 7.19. The van der Waals surface area contributed by atoms with E-state index < -0.39 is 0 Å². The summed E-state index contributed by atoms with van der Waals surface area (Å²) in [4.78, 5) is 4.89. The lowest BCUT2D eigenvalue weighted by Gasteiger charge is -2.39. The van der Waals surface area contributed by atoms with Crippen molar-refractivity contribution in [1.82, 2.24) is 9.80 Å². The molecule has 6 heteroatoms. The van der Waals surface area contributed by atoms with Crippen molar-refractivity contribution in [2.45, 2.75) is 13.0 Å². The third-order valence-corrected chi connectivity index (χ3v) is 4.59. The molecule has 1 atom stereocenters. The zero-order valence-corrected chi connectivity index (χ0v) is 14.7. The maximum absolute atomic E-state index is 6.09. The molecule has 1 saturated heterocycles.